The number of imidazole rings is 1. The van der Waals surface area contributed by atoms with Crippen molar-refractivity contribution in [3.63, 3.8) is 0 Å². The molecule has 4 heteroatoms. The molecular weight excluding hydrogens is 246 g/mol. The van der Waals surface area contributed by atoms with Gasteiger partial charge in [0.2, 0.25) is 0 Å². The van der Waals surface area contributed by atoms with E-state index in [4.69, 9.17) is 0 Å². The van der Waals surface area contributed by atoms with Crippen LogP contribution in [0, 0.1) is 0 Å². The largest absolute Gasteiger partial charge is 0.331 e. The van der Waals surface area contributed by atoms with Crippen molar-refractivity contribution in [2.45, 2.75) is 13.0 Å². The van der Waals surface area contributed by atoms with Crippen LogP contribution in [0.1, 0.15) is 6.42 Å². The summed E-state index contributed by atoms with van der Waals surface area (Å²) in [5, 5.41) is 0. The lowest BCUT2D eigenvalue weighted by Gasteiger charge is -2.11. The molecule has 1 aromatic carbocycles. The molecule has 0 amide bonds. The Hall–Kier alpha value is -1.32. The zero-order valence-corrected chi connectivity index (χ0v) is 11.7. The molecular formula is C14H20ClN3. The van der Waals surface area contributed by atoms with Crippen molar-refractivity contribution in [3.8, 4) is 11.4 Å². The lowest BCUT2D eigenvalue weighted by Crippen LogP contribution is -2.15. The van der Waals surface area contributed by atoms with Crippen molar-refractivity contribution in [2.75, 3.05) is 20.6 Å². The van der Waals surface area contributed by atoms with E-state index in [0.29, 0.717) is 0 Å². The summed E-state index contributed by atoms with van der Waals surface area (Å²) in [6.45, 7) is 2.12. The molecule has 18 heavy (non-hydrogen) atoms. The summed E-state index contributed by atoms with van der Waals surface area (Å²) in [5.41, 5.74) is 1.18. The highest BCUT2D eigenvalue weighted by Gasteiger charge is 2.04. The van der Waals surface area contributed by atoms with Gasteiger partial charge in [0, 0.05) is 24.5 Å². The monoisotopic (exact) mass is 265 g/mol. The zero-order chi connectivity index (χ0) is 12.1. The second-order valence-electron chi connectivity index (χ2n) is 4.47. The first kappa shape index (κ1) is 14.7. The van der Waals surface area contributed by atoms with Gasteiger partial charge < -0.3 is 9.47 Å². The van der Waals surface area contributed by atoms with Gasteiger partial charge in [-0.05, 0) is 27.1 Å². The first-order valence-corrected chi connectivity index (χ1v) is 5.98. The Morgan fingerprint density at radius 1 is 1.17 bits per heavy atom. The third-order valence-electron chi connectivity index (χ3n) is 2.75. The normalized spacial score (nSPS) is 10.4. The maximum absolute atomic E-state index is 4.43. The molecule has 0 fully saturated rings. The van der Waals surface area contributed by atoms with E-state index in [2.05, 4.69) is 46.9 Å². The second-order valence-corrected chi connectivity index (χ2v) is 4.47. The molecule has 0 spiro atoms. The van der Waals surface area contributed by atoms with E-state index in [1.54, 1.807) is 0 Å². The second kappa shape index (κ2) is 7.19. The van der Waals surface area contributed by atoms with Crippen molar-refractivity contribution in [3.05, 3.63) is 42.7 Å². The van der Waals surface area contributed by atoms with Gasteiger partial charge in [0.25, 0.3) is 0 Å². The highest BCUT2D eigenvalue weighted by Crippen LogP contribution is 2.16. The van der Waals surface area contributed by atoms with E-state index in [1.165, 1.54) is 5.56 Å². The Labute approximate surface area is 115 Å². The zero-order valence-electron chi connectivity index (χ0n) is 10.9. The molecule has 0 atom stereocenters. The van der Waals surface area contributed by atoms with Crippen LogP contribution >= 0.6 is 12.4 Å². The van der Waals surface area contributed by atoms with Crippen molar-refractivity contribution in [2.24, 2.45) is 0 Å². The van der Waals surface area contributed by atoms with Gasteiger partial charge in [-0.2, -0.15) is 0 Å². The molecule has 0 saturated heterocycles. The van der Waals surface area contributed by atoms with Gasteiger partial charge >= 0.3 is 0 Å². The highest BCUT2D eigenvalue weighted by atomic mass is 35.5. The number of hydrogen-bond acceptors (Lipinski definition) is 2. The molecule has 0 bridgehead atoms. The molecule has 0 radical (unpaired) electrons. The van der Waals surface area contributed by atoms with Crippen molar-refractivity contribution >= 4 is 12.4 Å². The molecule has 0 N–H and O–H groups in total. The number of hydrogen-bond donors (Lipinski definition) is 0. The number of nitrogens with zero attached hydrogens (tertiary/aromatic N) is 3. The van der Waals surface area contributed by atoms with E-state index >= 15 is 0 Å². The number of aryl methyl sites for hydroxylation is 1. The number of aromatic nitrogens is 2. The number of benzene rings is 1. The fourth-order valence-corrected chi connectivity index (χ4v) is 1.89. The summed E-state index contributed by atoms with van der Waals surface area (Å²) >= 11 is 0. The van der Waals surface area contributed by atoms with Crippen molar-refractivity contribution in [1.29, 1.82) is 0 Å². The van der Waals surface area contributed by atoms with E-state index in [-0.39, 0.29) is 12.4 Å². The van der Waals surface area contributed by atoms with Crippen LogP contribution in [0.25, 0.3) is 11.4 Å². The van der Waals surface area contributed by atoms with Crippen molar-refractivity contribution < 1.29 is 0 Å². The standard InChI is InChI=1S/C14H19N3.ClH/c1-16(2)10-6-11-17-12-9-15-14(17)13-7-4-3-5-8-13;/h3-5,7-9,12H,6,10-11H2,1-2H3;1H. The Morgan fingerprint density at radius 3 is 2.56 bits per heavy atom. The smallest absolute Gasteiger partial charge is 0.139 e. The van der Waals surface area contributed by atoms with Gasteiger partial charge in [-0.3, -0.25) is 0 Å². The fraction of sp³-hybridized carbons (Fsp3) is 0.357. The summed E-state index contributed by atoms with van der Waals surface area (Å²) in [6, 6.07) is 10.3. The maximum atomic E-state index is 4.43. The van der Waals surface area contributed by atoms with Crippen LogP contribution in [0.2, 0.25) is 0 Å². The molecule has 98 valence electrons. The molecule has 0 aliphatic rings. The molecule has 2 rings (SSSR count). The van der Waals surface area contributed by atoms with Crippen LogP contribution in [-0.2, 0) is 6.54 Å². The van der Waals surface area contributed by atoms with Gasteiger partial charge in [-0.25, -0.2) is 4.98 Å². The summed E-state index contributed by atoms with van der Waals surface area (Å²) in [7, 11) is 4.21. The van der Waals surface area contributed by atoms with Crippen LogP contribution in [0.3, 0.4) is 0 Å². The Bertz CT molecular complexity index is 451. The molecule has 1 aromatic heterocycles. The third-order valence-corrected chi connectivity index (χ3v) is 2.75. The fourth-order valence-electron chi connectivity index (χ4n) is 1.89. The SMILES string of the molecule is CN(C)CCCn1ccnc1-c1ccccc1.Cl. The Balaban J connectivity index is 0.00000162. The van der Waals surface area contributed by atoms with Gasteiger partial charge in [-0.1, -0.05) is 30.3 Å². The Kier molecular flexibility index (Phi) is 5.89. The number of halogens is 1. The van der Waals surface area contributed by atoms with E-state index in [1.807, 2.05) is 24.4 Å². The van der Waals surface area contributed by atoms with Gasteiger partial charge in [0.05, 0.1) is 0 Å². The summed E-state index contributed by atoms with van der Waals surface area (Å²) in [4.78, 5) is 6.64. The highest BCUT2D eigenvalue weighted by molar-refractivity contribution is 5.85. The van der Waals surface area contributed by atoms with E-state index < -0.39 is 0 Å². The lowest BCUT2D eigenvalue weighted by atomic mass is 10.2. The average molecular weight is 266 g/mol. The maximum Gasteiger partial charge on any atom is 0.139 e. The average Bonchev–Trinajstić information content (AvgIpc) is 2.78. The third kappa shape index (κ3) is 3.86. The number of rotatable bonds is 5. The minimum atomic E-state index is 0. The first-order chi connectivity index (χ1) is 8.27. The summed E-state index contributed by atoms with van der Waals surface area (Å²) in [5.74, 6) is 1.06. The minimum Gasteiger partial charge on any atom is -0.331 e. The van der Waals surface area contributed by atoms with Gasteiger partial charge in [-0.15, -0.1) is 12.4 Å². The van der Waals surface area contributed by atoms with Gasteiger partial charge in [0.1, 0.15) is 5.82 Å². The molecule has 3 nitrogen and oxygen atoms in total. The molecule has 0 unspecified atom stereocenters. The Morgan fingerprint density at radius 2 is 1.89 bits per heavy atom. The predicted molar refractivity (Wildman–Crippen MR) is 78.1 cm³/mol. The van der Waals surface area contributed by atoms with E-state index in [0.717, 1.165) is 25.3 Å². The summed E-state index contributed by atoms with van der Waals surface area (Å²) < 4.78 is 2.22. The van der Waals surface area contributed by atoms with Crippen molar-refractivity contribution in [1.82, 2.24) is 14.5 Å². The minimum absolute atomic E-state index is 0. The van der Waals surface area contributed by atoms with Crippen LogP contribution in [0.5, 0.6) is 0 Å². The van der Waals surface area contributed by atoms with Crippen LogP contribution in [-0.4, -0.2) is 35.1 Å². The van der Waals surface area contributed by atoms with Gasteiger partial charge in [0.15, 0.2) is 0 Å². The van der Waals surface area contributed by atoms with Crippen LogP contribution in [0.15, 0.2) is 42.7 Å². The summed E-state index contributed by atoms with van der Waals surface area (Å²) in [6.07, 6.45) is 5.07. The van der Waals surface area contributed by atoms with E-state index in [9.17, 15) is 0 Å². The van der Waals surface area contributed by atoms with Crippen LogP contribution < -0.4 is 0 Å². The molecule has 0 aliphatic heterocycles. The molecule has 0 aliphatic carbocycles. The lowest BCUT2D eigenvalue weighted by molar-refractivity contribution is 0.387. The predicted octanol–water partition coefficient (Wildman–Crippen LogP) is 2.92. The molecule has 0 saturated carbocycles. The first-order valence-electron chi connectivity index (χ1n) is 5.98. The molecule has 1 heterocycles. The molecule has 2 aromatic rings. The topological polar surface area (TPSA) is 21.1 Å². The quantitative estimate of drug-likeness (QED) is 0.829. The van der Waals surface area contributed by atoms with Crippen LogP contribution in [0.4, 0.5) is 0 Å².